The third-order valence-electron chi connectivity index (χ3n) is 4.19. The van der Waals surface area contributed by atoms with E-state index in [1.165, 1.54) is 5.56 Å². The van der Waals surface area contributed by atoms with Gasteiger partial charge < -0.3 is 15.4 Å². The Labute approximate surface area is 133 Å². The lowest BCUT2D eigenvalue weighted by atomic mass is 10.2. The fraction of sp³-hybridized carbons (Fsp3) is 0.588. The highest BCUT2D eigenvalue weighted by molar-refractivity contribution is 5.76. The van der Waals surface area contributed by atoms with Gasteiger partial charge in [-0.05, 0) is 12.0 Å². The molecule has 1 atom stereocenters. The molecule has 1 unspecified atom stereocenters. The summed E-state index contributed by atoms with van der Waals surface area (Å²) in [6.45, 7) is 4.89. The minimum atomic E-state index is -0.170. The molecule has 5 heteroatoms. The molecule has 1 heterocycles. The van der Waals surface area contributed by atoms with Gasteiger partial charge in [0, 0.05) is 46.4 Å². The van der Waals surface area contributed by atoms with Crippen molar-refractivity contribution >= 4 is 5.91 Å². The summed E-state index contributed by atoms with van der Waals surface area (Å²) in [5, 5.41) is 0. The molecule has 1 aliphatic rings. The van der Waals surface area contributed by atoms with Gasteiger partial charge in [-0.15, -0.1) is 0 Å². The molecule has 1 fully saturated rings. The van der Waals surface area contributed by atoms with Crippen molar-refractivity contribution in [2.45, 2.75) is 25.5 Å². The van der Waals surface area contributed by atoms with Gasteiger partial charge in [0.2, 0.25) is 5.91 Å². The Hall–Kier alpha value is -1.43. The molecule has 2 N–H and O–H groups in total. The quantitative estimate of drug-likeness (QED) is 0.854. The van der Waals surface area contributed by atoms with Crippen molar-refractivity contribution in [3.8, 4) is 0 Å². The molecule has 122 valence electrons. The highest BCUT2D eigenvalue weighted by Gasteiger charge is 2.21. The van der Waals surface area contributed by atoms with Gasteiger partial charge >= 0.3 is 0 Å². The summed E-state index contributed by atoms with van der Waals surface area (Å²) in [7, 11) is 1.61. The van der Waals surface area contributed by atoms with Crippen molar-refractivity contribution in [1.29, 1.82) is 0 Å². The van der Waals surface area contributed by atoms with Gasteiger partial charge in [-0.3, -0.25) is 9.69 Å². The number of nitrogens with zero attached hydrogens (tertiary/aromatic N) is 2. The average Bonchev–Trinajstić information content (AvgIpc) is 2.79. The topological polar surface area (TPSA) is 58.8 Å². The second-order valence-electron chi connectivity index (χ2n) is 5.79. The third-order valence-corrected chi connectivity index (χ3v) is 4.19. The number of nitrogens with two attached hydrogens (primary N) is 1. The van der Waals surface area contributed by atoms with E-state index in [9.17, 15) is 4.79 Å². The van der Waals surface area contributed by atoms with Crippen LogP contribution in [0.3, 0.4) is 0 Å². The highest BCUT2D eigenvalue weighted by Crippen LogP contribution is 2.10. The van der Waals surface area contributed by atoms with E-state index in [4.69, 9.17) is 10.5 Å². The lowest BCUT2D eigenvalue weighted by molar-refractivity contribution is -0.133. The number of methoxy groups -OCH3 is 1. The van der Waals surface area contributed by atoms with Gasteiger partial charge in [0.05, 0.1) is 12.5 Å². The van der Waals surface area contributed by atoms with Crippen LogP contribution in [-0.4, -0.2) is 61.6 Å². The first kappa shape index (κ1) is 16.9. The molecule has 1 aliphatic heterocycles. The van der Waals surface area contributed by atoms with Gasteiger partial charge in [-0.1, -0.05) is 30.3 Å². The molecule has 0 radical (unpaired) electrons. The highest BCUT2D eigenvalue weighted by atomic mass is 16.5. The average molecular weight is 305 g/mol. The largest absolute Gasteiger partial charge is 0.380 e. The fourth-order valence-electron chi connectivity index (χ4n) is 2.81. The first-order valence-electron chi connectivity index (χ1n) is 8.00. The molecular weight excluding hydrogens is 278 g/mol. The first-order chi connectivity index (χ1) is 10.7. The van der Waals surface area contributed by atoms with Crippen molar-refractivity contribution in [3.63, 3.8) is 0 Å². The van der Waals surface area contributed by atoms with Crippen molar-refractivity contribution in [2.75, 3.05) is 39.8 Å². The van der Waals surface area contributed by atoms with Crippen LogP contribution < -0.4 is 5.73 Å². The Morgan fingerprint density at radius 1 is 1.23 bits per heavy atom. The van der Waals surface area contributed by atoms with E-state index in [2.05, 4.69) is 29.2 Å². The minimum Gasteiger partial charge on any atom is -0.380 e. The van der Waals surface area contributed by atoms with Crippen LogP contribution in [0.5, 0.6) is 0 Å². The van der Waals surface area contributed by atoms with Crippen LogP contribution in [0.2, 0.25) is 0 Å². The van der Waals surface area contributed by atoms with Gasteiger partial charge in [0.25, 0.3) is 0 Å². The van der Waals surface area contributed by atoms with Crippen LogP contribution in [0, 0.1) is 0 Å². The molecule has 1 aromatic rings. The summed E-state index contributed by atoms with van der Waals surface area (Å²) < 4.78 is 5.21. The zero-order chi connectivity index (χ0) is 15.8. The summed E-state index contributed by atoms with van der Waals surface area (Å²) in [4.78, 5) is 16.7. The minimum absolute atomic E-state index is 0.152. The zero-order valence-corrected chi connectivity index (χ0v) is 13.4. The number of amides is 1. The molecule has 0 saturated carbocycles. The Kier molecular flexibility index (Phi) is 6.83. The molecule has 1 aromatic carbocycles. The van der Waals surface area contributed by atoms with Gasteiger partial charge in [0.1, 0.15) is 0 Å². The van der Waals surface area contributed by atoms with Crippen LogP contribution >= 0.6 is 0 Å². The summed E-state index contributed by atoms with van der Waals surface area (Å²) in [6.07, 6.45) is 1.22. The van der Waals surface area contributed by atoms with E-state index in [1.807, 2.05) is 11.0 Å². The third kappa shape index (κ3) is 5.09. The Morgan fingerprint density at radius 2 is 2.00 bits per heavy atom. The maximum absolute atomic E-state index is 12.3. The van der Waals surface area contributed by atoms with Crippen molar-refractivity contribution < 1.29 is 9.53 Å². The molecule has 22 heavy (non-hydrogen) atoms. The number of hydrogen-bond acceptors (Lipinski definition) is 4. The van der Waals surface area contributed by atoms with Crippen LogP contribution in [0.1, 0.15) is 18.4 Å². The SMILES string of the molecule is COC(CN)CC(=O)N1CCCN(Cc2ccccc2)CC1. The molecule has 0 aliphatic carbocycles. The van der Waals surface area contributed by atoms with Crippen LogP contribution in [0.25, 0.3) is 0 Å². The summed E-state index contributed by atoms with van der Waals surface area (Å²) in [5.41, 5.74) is 6.92. The second kappa shape index (κ2) is 8.88. The monoisotopic (exact) mass is 305 g/mol. The number of ether oxygens (including phenoxy) is 1. The summed E-state index contributed by atoms with van der Waals surface area (Å²) in [6, 6.07) is 10.5. The predicted octanol–water partition coefficient (Wildman–Crippen LogP) is 1.08. The van der Waals surface area contributed by atoms with Crippen LogP contribution in [0.15, 0.2) is 30.3 Å². The van der Waals surface area contributed by atoms with E-state index in [1.54, 1.807) is 7.11 Å². The van der Waals surface area contributed by atoms with E-state index in [-0.39, 0.29) is 12.0 Å². The predicted molar refractivity (Wildman–Crippen MR) is 87.4 cm³/mol. The lowest BCUT2D eigenvalue weighted by Crippen LogP contribution is -2.38. The lowest BCUT2D eigenvalue weighted by Gasteiger charge is -2.23. The maximum Gasteiger partial charge on any atom is 0.225 e. The first-order valence-corrected chi connectivity index (χ1v) is 8.00. The molecule has 5 nitrogen and oxygen atoms in total. The Balaban J connectivity index is 1.83. The maximum atomic E-state index is 12.3. The van der Waals surface area contributed by atoms with Gasteiger partial charge in [-0.25, -0.2) is 0 Å². The van der Waals surface area contributed by atoms with Crippen molar-refractivity contribution in [2.24, 2.45) is 5.73 Å². The molecule has 0 aromatic heterocycles. The number of benzene rings is 1. The van der Waals surface area contributed by atoms with Crippen molar-refractivity contribution in [1.82, 2.24) is 9.80 Å². The van der Waals surface area contributed by atoms with Crippen molar-refractivity contribution in [3.05, 3.63) is 35.9 Å². The number of rotatable bonds is 6. The molecule has 0 spiro atoms. The fourth-order valence-corrected chi connectivity index (χ4v) is 2.81. The molecule has 1 amide bonds. The number of hydrogen-bond donors (Lipinski definition) is 1. The molecule has 0 bridgehead atoms. The number of carbonyl (C=O) groups is 1. The Bertz CT molecular complexity index is 448. The van der Waals surface area contributed by atoms with E-state index in [0.717, 1.165) is 39.1 Å². The van der Waals surface area contributed by atoms with E-state index >= 15 is 0 Å². The molecule has 2 rings (SSSR count). The number of carbonyl (C=O) groups excluding carboxylic acids is 1. The molecule has 1 saturated heterocycles. The van der Waals surface area contributed by atoms with E-state index in [0.29, 0.717) is 13.0 Å². The van der Waals surface area contributed by atoms with Crippen LogP contribution in [0.4, 0.5) is 0 Å². The smallest absolute Gasteiger partial charge is 0.225 e. The van der Waals surface area contributed by atoms with Gasteiger partial charge in [-0.2, -0.15) is 0 Å². The standard InChI is InChI=1S/C17H27N3O2/c1-22-16(13-18)12-17(21)20-9-5-8-19(10-11-20)14-15-6-3-2-4-7-15/h2-4,6-7,16H,5,8-14,18H2,1H3. The zero-order valence-electron chi connectivity index (χ0n) is 13.4. The summed E-state index contributed by atoms with van der Waals surface area (Å²) >= 11 is 0. The second-order valence-corrected chi connectivity index (χ2v) is 5.79. The summed E-state index contributed by atoms with van der Waals surface area (Å²) in [5.74, 6) is 0.152. The van der Waals surface area contributed by atoms with Crippen LogP contribution in [-0.2, 0) is 16.1 Å². The Morgan fingerprint density at radius 3 is 2.68 bits per heavy atom. The van der Waals surface area contributed by atoms with E-state index < -0.39 is 0 Å². The molecular formula is C17H27N3O2. The normalized spacial score (nSPS) is 18.0. The van der Waals surface area contributed by atoms with Gasteiger partial charge in [0.15, 0.2) is 0 Å².